The maximum absolute atomic E-state index is 6.06. The molecule has 6 nitrogen and oxygen atoms in total. The lowest BCUT2D eigenvalue weighted by molar-refractivity contribution is 0.687. The molecule has 0 atom stereocenters. The number of halogens is 1. The lowest BCUT2D eigenvalue weighted by Gasteiger charge is -2.07. The average Bonchev–Trinajstić information content (AvgIpc) is 3.16. The van der Waals surface area contributed by atoms with Gasteiger partial charge in [-0.1, -0.05) is 35.5 Å². The van der Waals surface area contributed by atoms with Crippen molar-refractivity contribution in [1.82, 2.24) is 30.2 Å². The fourth-order valence-corrected chi connectivity index (χ4v) is 3.27. The van der Waals surface area contributed by atoms with Gasteiger partial charge in [0.2, 0.25) is 0 Å². The Bertz CT molecular complexity index is 740. The third-order valence-electron chi connectivity index (χ3n) is 3.17. The molecule has 0 bridgehead atoms. The van der Waals surface area contributed by atoms with Gasteiger partial charge in [0.15, 0.2) is 11.0 Å². The van der Waals surface area contributed by atoms with Gasteiger partial charge in [-0.2, -0.15) is 15.4 Å². The second-order valence-corrected chi connectivity index (χ2v) is 6.12. The van der Waals surface area contributed by atoms with E-state index in [1.807, 2.05) is 24.3 Å². The van der Waals surface area contributed by atoms with Crippen LogP contribution in [0.2, 0.25) is 5.02 Å². The molecule has 1 aromatic carbocycles. The largest absolute Gasteiger partial charge is 0.302 e. The van der Waals surface area contributed by atoms with Gasteiger partial charge in [0.1, 0.15) is 0 Å². The maximum Gasteiger partial charge on any atom is 0.191 e. The van der Waals surface area contributed by atoms with E-state index in [1.54, 1.807) is 18.0 Å². The fraction of sp³-hybridized carbons (Fsp3) is 0.286. The van der Waals surface area contributed by atoms with Crippen molar-refractivity contribution >= 4 is 23.4 Å². The number of aromatic nitrogens is 6. The number of thioether (sulfide) groups is 1. The Balaban J connectivity index is 1.75. The van der Waals surface area contributed by atoms with Crippen molar-refractivity contribution in [3.63, 3.8) is 0 Å². The van der Waals surface area contributed by atoms with Crippen molar-refractivity contribution in [3.8, 4) is 11.4 Å². The third kappa shape index (κ3) is 3.31. The van der Waals surface area contributed by atoms with Crippen LogP contribution in [0, 0.1) is 0 Å². The maximum atomic E-state index is 6.06. The summed E-state index contributed by atoms with van der Waals surface area (Å²) in [5, 5.41) is 20.7. The summed E-state index contributed by atoms with van der Waals surface area (Å²) < 4.78 is 2.10. The van der Waals surface area contributed by atoms with Crippen LogP contribution < -0.4 is 0 Å². The van der Waals surface area contributed by atoms with Gasteiger partial charge < -0.3 is 4.57 Å². The molecule has 0 aliphatic rings. The number of aromatic amines is 1. The lowest BCUT2D eigenvalue weighted by Crippen LogP contribution is -2.00. The molecule has 0 aliphatic heterocycles. The summed E-state index contributed by atoms with van der Waals surface area (Å²) in [4.78, 5) is 0. The lowest BCUT2D eigenvalue weighted by atomic mass is 10.2. The first-order chi connectivity index (χ1) is 10.8. The van der Waals surface area contributed by atoms with Gasteiger partial charge in [-0.25, -0.2) is 0 Å². The standard InChI is InChI=1S/C14H15ClN6S/c1-2-21-13(10-4-3-5-11(15)8-10)18-19-14(21)22-7-6-12-9-16-20-17-12/h3-5,8-9H,2,6-7H2,1H3,(H,16,17,20). The van der Waals surface area contributed by atoms with E-state index in [-0.39, 0.29) is 0 Å². The Labute approximate surface area is 137 Å². The highest BCUT2D eigenvalue weighted by Gasteiger charge is 2.13. The van der Waals surface area contributed by atoms with E-state index in [0.29, 0.717) is 5.02 Å². The van der Waals surface area contributed by atoms with Crippen LogP contribution in [0.4, 0.5) is 0 Å². The number of hydrogen-bond acceptors (Lipinski definition) is 5. The summed E-state index contributed by atoms with van der Waals surface area (Å²) in [6, 6.07) is 7.67. The molecule has 114 valence electrons. The molecule has 0 unspecified atom stereocenters. The molecule has 0 saturated carbocycles. The number of nitrogens with one attached hydrogen (secondary N) is 1. The monoisotopic (exact) mass is 334 g/mol. The molecule has 3 rings (SSSR count). The highest BCUT2D eigenvalue weighted by Crippen LogP contribution is 2.26. The van der Waals surface area contributed by atoms with E-state index in [9.17, 15) is 0 Å². The molecule has 8 heteroatoms. The van der Waals surface area contributed by atoms with Gasteiger partial charge >= 0.3 is 0 Å². The predicted octanol–water partition coefficient (Wildman–Crippen LogP) is 3.07. The van der Waals surface area contributed by atoms with Crippen molar-refractivity contribution in [3.05, 3.63) is 41.2 Å². The Hall–Kier alpha value is -1.86. The predicted molar refractivity (Wildman–Crippen MR) is 87.0 cm³/mol. The molecule has 0 radical (unpaired) electrons. The summed E-state index contributed by atoms with van der Waals surface area (Å²) in [5.74, 6) is 1.72. The van der Waals surface area contributed by atoms with E-state index in [0.717, 1.165) is 41.0 Å². The van der Waals surface area contributed by atoms with Gasteiger partial charge in [-0.15, -0.1) is 10.2 Å². The molecule has 2 aromatic heterocycles. The summed E-state index contributed by atoms with van der Waals surface area (Å²) in [6.07, 6.45) is 2.58. The molecule has 0 fully saturated rings. The van der Waals surface area contributed by atoms with Crippen LogP contribution in [-0.4, -0.2) is 35.9 Å². The van der Waals surface area contributed by atoms with E-state index in [2.05, 4.69) is 37.1 Å². The van der Waals surface area contributed by atoms with Crippen LogP contribution in [0.5, 0.6) is 0 Å². The van der Waals surface area contributed by atoms with Crippen molar-refractivity contribution in [2.75, 3.05) is 5.75 Å². The molecule has 2 heterocycles. The third-order valence-corrected chi connectivity index (χ3v) is 4.37. The van der Waals surface area contributed by atoms with Gasteiger partial charge in [0.25, 0.3) is 0 Å². The molecule has 22 heavy (non-hydrogen) atoms. The van der Waals surface area contributed by atoms with Gasteiger partial charge in [-0.3, -0.25) is 0 Å². The minimum absolute atomic E-state index is 0.698. The second kappa shape index (κ2) is 6.93. The summed E-state index contributed by atoms with van der Waals surface area (Å²) in [6.45, 7) is 2.89. The van der Waals surface area contributed by atoms with Crippen LogP contribution >= 0.6 is 23.4 Å². The van der Waals surface area contributed by atoms with E-state index in [4.69, 9.17) is 11.6 Å². The van der Waals surface area contributed by atoms with E-state index in [1.165, 1.54) is 0 Å². The summed E-state index contributed by atoms with van der Waals surface area (Å²) in [7, 11) is 0. The first-order valence-electron chi connectivity index (χ1n) is 6.94. The SMILES string of the molecule is CCn1c(SCCc2cn[nH]n2)nnc1-c1cccc(Cl)c1. The highest BCUT2D eigenvalue weighted by molar-refractivity contribution is 7.99. The molecular formula is C14H15ClN6S. The Morgan fingerprint density at radius 2 is 2.23 bits per heavy atom. The normalized spacial score (nSPS) is 11.0. The van der Waals surface area contributed by atoms with Crippen LogP contribution in [0.15, 0.2) is 35.6 Å². The number of rotatable bonds is 6. The van der Waals surface area contributed by atoms with Crippen LogP contribution in [-0.2, 0) is 13.0 Å². The molecular weight excluding hydrogens is 320 g/mol. The number of nitrogens with zero attached hydrogens (tertiary/aromatic N) is 5. The van der Waals surface area contributed by atoms with Crippen LogP contribution in [0.3, 0.4) is 0 Å². The summed E-state index contributed by atoms with van der Waals surface area (Å²) in [5.41, 5.74) is 1.93. The second-order valence-electron chi connectivity index (χ2n) is 4.62. The zero-order valence-corrected chi connectivity index (χ0v) is 13.6. The van der Waals surface area contributed by atoms with E-state index < -0.39 is 0 Å². The topological polar surface area (TPSA) is 72.3 Å². The number of hydrogen-bond donors (Lipinski definition) is 1. The summed E-state index contributed by atoms with van der Waals surface area (Å²) >= 11 is 7.72. The number of benzene rings is 1. The van der Waals surface area contributed by atoms with Crippen molar-refractivity contribution in [2.24, 2.45) is 0 Å². The van der Waals surface area contributed by atoms with Crippen LogP contribution in [0.25, 0.3) is 11.4 Å². The van der Waals surface area contributed by atoms with Crippen molar-refractivity contribution in [1.29, 1.82) is 0 Å². The zero-order valence-electron chi connectivity index (χ0n) is 12.0. The Kier molecular flexibility index (Phi) is 4.74. The first-order valence-corrected chi connectivity index (χ1v) is 8.31. The zero-order chi connectivity index (χ0) is 15.4. The Morgan fingerprint density at radius 1 is 1.32 bits per heavy atom. The van der Waals surface area contributed by atoms with Crippen LogP contribution in [0.1, 0.15) is 12.6 Å². The molecule has 0 amide bonds. The highest BCUT2D eigenvalue weighted by atomic mass is 35.5. The fourth-order valence-electron chi connectivity index (χ4n) is 2.11. The smallest absolute Gasteiger partial charge is 0.191 e. The van der Waals surface area contributed by atoms with Crippen molar-refractivity contribution < 1.29 is 0 Å². The Morgan fingerprint density at radius 3 is 2.95 bits per heavy atom. The minimum Gasteiger partial charge on any atom is -0.302 e. The quantitative estimate of drug-likeness (QED) is 0.701. The molecule has 0 saturated heterocycles. The number of aryl methyl sites for hydroxylation is 1. The van der Waals surface area contributed by atoms with Gasteiger partial charge in [-0.05, 0) is 19.1 Å². The molecule has 0 aliphatic carbocycles. The molecule has 3 aromatic rings. The average molecular weight is 335 g/mol. The molecule has 0 spiro atoms. The minimum atomic E-state index is 0.698. The van der Waals surface area contributed by atoms with E-state index >= 15 is 0 Å². The first kappa shape index (κ1) is 15.1. The van der Waals surface area contributed by atoms with Gasteiger partial charge in [0.05, 0.1) is 11.9 Å². The number of H-pyrrole nitrogens is 1. The molecule has 1 N–H and O–H groups in total. The van der Waals surface area contributed by atoms with Crippen molar-refractivity contribution in [2.45, 2.75) is 25.0 Å². The van der Waals surface area contributed by atoms with Gasteiger partial charge in [0, 0.05) is 29.3 Å².